The second-order valence-corrected chi connectivity index (χ2v) is 6.45. The molecule has 0 unspecified atom stereocenters. The highest BCUT2D eigenvalue weighted by Crippen LogP contribution is 2.33. The van der Waals surface area contributed by atoms with Crippen molar-refractivity contribution >= 4 is 29.0 Å². The average Bonchev–Trinajstić information content (AvgIpc) is 3.23. The van der Waals surface area contributed by atoms with E-state index in [-0.39, 0.29) is 12.8 Å². The van der Waals surface area contributed by atoms with Gasteiger partial charge in [-0.05, 0) is 42.8 Å². The van der Waals surface area contributed by atoms with E-state index >= 15 is 0 Å². The molecule has 0 atom stereocenters. The van der Waals surface area contributed by atoms with Crippen molar-refractivity contribution in [3.63, 3.8) is 0 Å². The lowest BCUT2D eigenvalue weighted by molar-refractivity contribution is 0.0526. The topological polar surface area (TPSA) is 121 Å². The van der Waals surface area contributed by atoms with Gasteiger partial charge in [0.25, 0.3) is 0 Å². The number of hydrogen-bond donors (Lipinski definition) is 3. The van der Waals surface area contributed by atoms with Crippen molar-refractivity contribution in [3.05, 3.63) is 59.9 Å². The predicted octanol–water partition coefficient (Wildman–Crippen LogP) is 3.32. The number of carbonyl (C=O) groups is 1. The van der Waals surface area contributed by atoms with Crippen LogP contribution in [0.4, 0.5) is 23.0 Å². The van der Waals surface area contributed by atoms with Gasteiger partial charge in [-0.3, -0.25) is 0 Å². The van der Waals surface area contributed by atoms with Gasteiger partial charge in [0, 0.05) is 12.2 Å². The van der Waals surface area contributed by atoms with Gasteiger partial charge in [-0.2, -0.15) is 0 Å². The van der Waals surface area contributed by atoms with Crippen LogP contribution < -0.4 is 25.8 Å². The van der Waals surface area contributed by atoms with E-state index < -0.39 is 0 Å². The Kier molecular flexibility index (Phi) is 5.51. The number of fused-ring (bicyclic) bond motifs is 1. The van der Waals surface area contributed by atoms with Crippen LogP contribution in [0, 0.1) is 0 Å². The monoisotopic (exact) mass is 407 g/mol. The van der Waals surface area contributed by atoms with Crippen molar-refractivity contribution in [2.45, 2.75) is 13.5 Å². The first-order valence-electron chi connectivity index (χ1n) is 9.41. The van der Waals surface area contributed by atoms with Crippen LogP contribution in [0.25, 0.3) is 0 Å². The van der Waals surface area contributed by atoms with Crippen molar-refractivity contribution in [1.82, 2.24) is 9.97 Å². The Morgan fingerprint density at radius 3 is 2.83 bits per heavy atom. The minimum absolute atomic E-state index is 0.234. The van der Waals surface area contributed by atoms with Crippen molar-refractivity contribution in [2.24, 2.45) is 0 Å². The first-order chi connectivity index (χ1) is 14.6. The number of aromatic nitrogens is 2. The summed E-state index contributed by atoms with van der Waals surface area (Å²) in [7, 11) is 0. The maximum atomic E-state index is 11.9. The van der Waals surface area contributed by atoms with Crippen molar-refractivity contribution < 1.29 is 19.0 Å². The summed E-state index contributed by atoms with van der Waals surface area (Å²) in [5.74, 6) is 1.99. The van der Waals surface area contributed by atoms with Crippen molar-refractivity contribution in [3.8, 4) is 11.5 Å². The third-order valence-electron chi connectivity index (χ3n) is 4.42. The molecule has 0 saturated carbocycles. The Morgan fingerprint density at radius 2 is 1.97 bits per heavy atom. The number of ether oxygens (including phenoxy) is 3. The number of anilines is 4. The molecule has 4 N–H and O–H groups in total. The maximum absolute atomic E-state index is 11.9. The van der Waals surface area contributed by atoms with Crippen molar-refractivity contribution in [1.29, 1.82) is 0 Å². The minimum Gasteiger partial charge on any atom is -0.462 e. The molecular weight excluding hydrogens is 386 g/mol. The molecule has 9 nitrogen and oxygen atoms in total. The highest BCUT2D eigenvalue weighted by molar-refractivity contribution is 5.91. The average molecular weight is 407 g/mol. The van der Waals surface area contributed by atoms with Gasteiger partial charge in [0.1, 0.15) is 12.0 Å². The molecule has 1 aromatic heterocycles. The summed E-state index contributed by atoms with van der Waals surface area (Å²) in [5, 5.41) is 6.33. The first-order valence-corrected chi connectivity index (χ1v) is 9.41. The van der Waals surface area contributed by atoms with E-state index in [0.29, 0.717) is 47.5 Å². The quantitative estimate of drug-likeness (QED) is 0.506. The fourth-order valence-electron chi connectivity index (χ4n) is 2.95. The molecule has 0 radical (unpaired) electrons. The molecule has 0 amide bonds. The summed E-state index contributed by atoms with van der Waals surface area (Å²) in [6.45, 7) is 2.81. The van der Waals surface area contributed by atoms with Crippen LogP contribution in [-0.2, 0) is 11.3 Å². The number of nitrogens with two attached hydrogens (primary N) is 1. The Balaban J connectivity index is 1.47. The number of hydrogen-bond acceptors (Lipinski definition) is 9. The third kappa shape index (κ3) is 4.19. The molecule has 2 aromatic carbocycles. The van der Waals surface area contributed by atoms with Crippen LogP contribution in [-0.4, -0.2) is 29.3 Å². The van der Waals surface area contributed by atoms with Gasteiger partial charge in [0.05, 0.1) is 12.2 Å². The molecule has 1 aliphatic rings. The Morgan fingerprint density at radius 1 is 1.13 bits per heavy atom. The van der Waals surface area contributed by atoms with Crippen LogP contribution in [0.3, 0.4) is 0 Å². The fourth-order valence-corrected chi connectivity index (χ4v) is 2.95. The summed E-state index contributed by atoms with van der Waals surface area (Å²) in [5.41, 5.74) is 8.70. The number of nitrogens with one attached hydrogen (secondary N) is 2. The van der Waals surface area contributed by atoms with Crippen molar-refractivity contribution in [2.75, 3.05) is 29.8 Å². The highest BCUT2D eigenvalue weighted by Gasteiger charge is 2.14. The summed E-state index contributed by atoms with van der Waals surface area (Å²) in [6.07, 6.45) is 1.41. The maximum Gasteiger partial charge on any atom is 0.338 e. The van der Waals surface area contributed by atoms with E-state index in [0.717, 1.165) is 11.3 Å². The van der Waals surface area contributed by atoms with E-state index in [4.69, 9.17) is 19.9 Å². The Bertz CT molecular complexity index is 1070. The van der Waals surface area contributed by atoms with Gasteiger partial charge in [0.2, 0.25) is 6.79 Å². The van der Waals surface area contributed by atoms with Crippen LogP contribution in [0.2, 0.25) is 0 Å². The smallest absolute Gasteiger partial charge is 0.338 e. The van der Waals surface area contributed by atoms with Gasteiger partial charge < -0.3 is 30.6 Å². The van der Waals surface area contributed by atoms with Gasteiger partial charge in [-0.1, -0.05) is 12.1 Å². The zero-order valence-corrected chi connectivity index (χ0v) is 16.3. The minimum atomic E-state index is -0.386. The molecule has 0 bridgehead atoms. The number of carbonyl (C=O) groups excluding carboxylic acids is 1. The van der Waals surface area contributed by atoms with E-state index in [1.807, 2.05) is 24.3 Å². The summed E-state index contributed by atoms with van der Waals surface area (Å²) in [4.78, 5) is 20.4. The number of nitrogen functional groups attached to an aromatic ring is 1. The van der Waals surface area contributed by atoms with E-state index in [1.54, 1.807) is 25.1 Å². The molecule has 3 aromatic rings. The molecule has 0 spiro atoms. The number of rotatable bonds is 7. The molecular formula is C21H21N5O4. The second-order valence-electron chi connectivity index (χ2n) is 6.45. The van der Waals surface area contributed by atoms with Gasteiger partial charge in [0.15, 0.2) is 23.1 Å². The first kappa shape index (κ1) is 19.3. The van der Waals surface area contributed by atoms with E-state index in [9.17, 15) is 4.79 Å². The molecule has 0 fully saturated rings. The SMILES string of the molecule is CCOC(=O)c1cccc(Nc2ncnc(NCc3ccc4c(c3)OCO4)c2N)c1. The highest BCUT2D eigenvalue weighted by atomic mass is 16.7. The molecule has 30 heavy (non-hydrogen) atoms. The lowest BCUT2D eigenvalue weighted by atomic mass is 10.2. The molecule has 0 aliphatic carbocycles. The molecule has 0 saturated heterocycles. The van der Waals surface area contributed by atoms with Gasteiger partial charge in [-0.15, -0.1) is 0 Å². The Hall–Kier alpha value is -4.01. The lowest BCUT2D eigenvalue weighted by Crippen LogP contribution is -2.08. The lowest BCUT2D eigenvalue weighted by Gasteiger charge is -2.13. The second kappa shape index (κ2) is 8.56. The largest absolute Gasteiger partial charge is 0.462 e. The summed E-state index contributed by atoms with van der Waals surface area (Å²) in [6, 6.07) is 12.6. The molecule has 154 valence electrons. The van der Waals surface area contributed by atoms with Crippen LogP contribution >= 0.6 is 0 Å². The van der Waals surface area contributed by atoms with Crippen LogP contribution in [0.5, 0.6) is 11.5 Å². The number of esters is 1. The number of benzene rings is 2. The molecule has 9 heteroatoms. The van der Waals surface area contributed by atoms with E-state index in [2.05, 4.69) is 20.6 Å². The molecule has 1 aliphatic heterocycles. The molecule has 4 rings (SSSR count). The van der Waals surface area contributed by atoms with Crippen LogP contribution in [0.1, 0.15) is 22.8 Å². The zero-order chi connectivity index (χ0) is 20.9. The summed E-state index contributed by atoms with van der Waals surface area (Å²) < 4.78 is 15.8. The Labute approximate surface area is 173 Å². The number of nitrogens with zero attached hydrogens (tertiary/aromatic N) is 2. The fraction of sp³-hybridized carbons (Fsp3) is 0.190. The predicted molar refractivity (Wildman–Crippen MR) is 112 cm³/mol. The third-order valence-corrected chi connectivity index (χ3v) is 4.42. The van der Waals surface area contributed by atoms with Crippen LogP contribution in [0.15, 0.2) is 48.8 Å². The molecule has 2 heterocycles. The van der Waals surface area contributed by atoms with Gasteiger partial charge in [-0.25, -0.2) is 14.8 Å². The van der Waals surface area contributed by atoms with E-state index in [1.165, 1.54) is 6.33 Å². The normalized spacial score (nSPS) is 11.8. The standard InChI is InChI=1S/C21H21N5O4/c1-2-28-21(27)14-4-3-5-15(9-14)26-20-18(22)19(24-11-25-20)23-10-13-6-7-16-17(8-13)30-12-29-16/h3-9,11H,2,10,12,22H2,1H3,(H2,23,24,25,26). The zero-order valence-electron chi connectivity index (χ0n) is 16.3. The summed E-state index contributed by atoms with van der Waals surface area (Å²) >= 11 is 0. The van der Waals surface area contributed by atoms with Gasteiger partial charge >= 0.3 is 5.97 Å².